The molecule has 0 radical (unpaired) electrons. The maximum absolute atomic E-state index is 13.9. The van der Waals surface area contributed by atoms with E-state index in [-0.39, 0.29) is 24.5 Å². The Bertz CT molecular complexity index is 1160. The summed E-state index contributed by atoms with van der Waals surface area (Å²) < 4.78 is 34.2. The first-order valence-corrected chi connectivity index (χ1v) is 10.1. The average molecular weight is 429 g/mol. The van der Waals surface area contributed by atoms with Crippen LogP contribution in [0.1, 0.15) is 39.1 Å². The Morgan fingerprint density at radius 1 is 1.16 bits per heavy atom. The lowest BCUT2D eigenvalue weighted by atomic mass is 10.1. The number of nitrogens with one attached hydrogen (secondary N) is 1. The van der Waals surface area contributed by atoms with E-state index in [4.69, 9.17) is 4.74 Å². The molecule has 1 amide bonds. The molecular formula is C23H25F2N3O3. The third-order valence-corrected chi connectivity index (χ3v) is 4.56. The summed E-state index contributed by atoms with van der Waals surface area (Å²) in [6.45, 7) is 7.33. The Hall–Kier alpha value is -3.29. The zero-order valence-corrected chi connectivity index (χ0v) is 18.0. The number of hydrogen-bond acceptors (Lipinski definition) is 4. The summed E-state index contributed by atoms with van der Waals surface area (Å²) in [6.07, 6.45) is 0.215. The average Bonchev–Trinajstić information content (AvgIpc) is 2.65. The quantitative estimate of drug-likeness (QED) is 0.657. The lowest BCUT2D eigenvalue weighted by Crippen LogP contribution is -2.34. The van der Waals surface area contributed by atoms with Gasteiger partial charge >= 0.3 is 6.09 Å². The zero-order chi connectivity index (χ0) is 22.8. The SMILES string of the molecule is CCc1cccc2c(=O)n(-c3cc(F)cc(F)c3)c(CCNC(=O)OC(C)(C)C)nc12. The van der Waals surface area contributed by atoms with Crippen molar-refractivity contribution in [2.24, 2.45) is 0 Å². The molecular weight excluding hydrogens is 404 g/mol. The maximum atomic E-state index is 13.9. The van der Waals surface area contributed by atoms with Gasteiger partial charge in [-0.3, -0.25) is 9.36 Å². The monoisotopic (exact) mass is 429 g/mol. The van der Waals surface area contributed by atoms with Crippen molar-refractivity contribution in [3.05, 3.63) is 69.8 Å². The molecule has 0 bridgehead atoms. The fraction of sp³-hybridized carbons (Fsp3) is 0.348. The summed E-state index contributed by atoms with van der Waals surface area (Å²) in [5.41, 5.74) is 0.371. The van der Waals surface area contributed by atoms with Crippen molar-refractivity contribution in [1.82, 2.24) is 14.9 Å². The van der Waals surface area contributed by atoms with E-state index < -0.39 is 28.9 Å². The van der Waals surface area contributed by atoms with Crippen LogP contribution in [0.4, 0.5) is 13.6 Å². The van der Waals surface area contributed by atoms with Crippen LogP contribution in [-0.2, 0) is 17.6 Å². The molecule has 0 spiro atoms. The topological polar surface area (TPSA) is 73.2 Å². The predicted octanol–water partition coefficient (Wildman–Crippen LogP) is 4.29. The minimum atomic E-state index is -0.804. The fourth-order valence-corrected chi connectivity index (χ4v) is 3.29. The number of nitrogens with zero attached hydrogens (tertiary/aromatic N) is 2. The summed E-state index contributed by atoms with van der Waals surface area (Å²) >= 11 is 0. The first-order valence-electron chi connectivity index (χ1n) is 10.1. The number of rotatable bonds is 5. The van der Waals surface area contributed by atoms with Crippen molar-refractivity contribution >= 4 is 17.0 Å². The van der Waals surface area contributed by atoms with Gasteiger partial charge in [-0.05, 0) is 51.0 Å². The summed E-state index contributed by atoms with van der Waals surface area (Å²) in [5, 5.41) is 2.98. The normalized spacial score (nSPS) is 11.5. The highest BCUT2D eigenvalue weighted by Gasteiger charge is 2.18. The van der Waals surface area contributed by atoms with Crippen molar-refractivity contribution in [1.29, 1.82) is 0 Å². The summed E-state index contributed by atoms with van der Waals surface area (Å²) in [5.74, 6) is -1.33. The lowest BCUT2D eigenvalue weighted by Gasteiger charge is -2.20. The van der Waals surface area contributed by atoms with Gasteiger partial charge in [0.25, 0.3) is 5.56 Å². The minimum Gasteiger partial charge on any atom is -0.444 e. The molecule has 0 aliphatic rings. The number of benzene rings is 2. The van der Waals surface area contributed by atoms with Gasteiger partial charge in [0.1, 0.15) is 23.1 Å². The van der Waals surface area contributed by atoms with E-state index in [0.717, 1.165) is 23.8 Å². The maximum Gasteiger partial charge on any atom is 0.407 e. The molecule has 0 fully saturated rings. The molecule has 0 saturated carbocycles. The highest BCUT2D eigenvalue weighted by molar-refractivity contribution is 5.81. The highest BCUT2D eigenvalue weighted by atomic mass is 19.1. The van der Waals surface area contributed by atoms with Gasteiger partial charge in [-0.1, -0.05) is 19.1 Å². The van der Waals surface area contributed by atoms with Gasteiger partial charge in [-0.2, -0.15) is 0 Å². The fourth-order valence-electron chi connectivity index (χ4n) is 3.29. The van der Waals surface area contributed by atoms with Crippen LogP contribution in [0.5, 0.6) is 0 Å². The van der Waals surface area contributed by atoms with Crippen LogP contribution in [0.3, 0.4) is 0 Å². The molecule has 3 rings (SSSR count). The van der Waals surface area contributed by atoms with E-state index in [2.05, 4.69) is 10.3 Å². The third-order valence-electron chi connectivity index (χ3n) is 4.56. The molecule has 0 aliphatic carbocycles. The Labute approximate surface area is 178 Å². The number of carbonyl (C=O) groups is 1. The number of ether oxygens (including phenoxy) is 1. The van der Waals surface area contributed by atoms with Crippen molar-refractivity contribution in [2.45, 2.75) is 46.1 Å². The molecule has 8 heteroatoms. The number of hydrogen-bond donors (Lipinski definition) is 1. The van der Waals surface area contributed by atoms with Gasteiger partial charge in [0, 0.05) is 19.0 Å². The van der Waals surface area contributed by atoms with Gasteiger partial charge in [-0.15, -0.1) is 0 Å². The van der Waals surface area contributed by atoms with E-state index in [1.54, 1.807) is 32.9 Å². The molecule has 0 aliphatic heterocycles. The number of carbonyl (C=O) groups excluding carboxylic acids is 1. The number of para-hydroxylation sites is 1. The van der Waals surface area contributed by atoms with Crippen molar-refractivity contribution in [3.63, 3.8) is 0 Å². The lowest BCUT2D eigenvalue weighted by molar-refractivity contribution is 0.0528. The molecule has 6 nitrogen and oxygen atoms in total. The molecule has 31 heavy (non-hydrogen) atoms. The standard InChI is InChI=1S/C23H25F2N3O3/c1-5-14-7-6-8-18-20(14)27-19(9-10-26-22(30)31-23(2,3)4)28(21(18)29)17-12-15(24)11-16(25)13-17/h6-8,11-13H,5,9-10H2,1-4H3,(H,26,30). The zero-order valence-electron chi connectivity index (χ0n) is 18.0. The van der Waals surface area contributed by atoms with Gasteiger partial charge in [-0.25, -0.2) is 18.6 Å². The van der Waals surface area contributed by atoms with E-state index in [9.17, 15) is 18.4 Å². The third kappa shape index (κ3) is 5.25. The molecule has 0 unspecified atom stereocenters. The second-order valence-electron chi connectivity index (χ2n) is 8.14. The molecule has 1 N–H and O–H groups in total. The highest BCUT2D eigenvalue weighted by Crippen LogP contribution is 2.19. The number of amides is 1. The smallest absolute Gasteiger partial charge is 0.407 e. The Balaban J connectivity index is 2.07. The van der Waals surface area contributed by atoms with Gasteiger partial charge in [0.05, 0.1) is 16.6 Å². The van der Waals surface area contributed by atoms with Crippen LogP contribution < -0.4 is 10.9 Å². The van der Waals surface area contributed by atoms with Crippen LogP contribution in [0.25, 0.3) is 16.6 Å². The largest absolute Gasteiger partial charge is 0.444 e. The van der Waals surface area contributed by atoms with Crippen molar-refractivity contribution in [2.75, 3.05) is 6.54 Å². The number of aryl methyl sites for hydroxylation is 1. The van der Waals surface area contributed by atoms with Gasteiger partial charge in [0.2, 0.25) is 0 Å². The summed E-state index contributed by atoms with van der Waals surface area (Å²) in [4.78, 5) is 29.9. The molecule has 1 heterocycles. The first-order chi connectivity index (χ1) is 14.6. The van der Waals surface area contributed by atoms with Gasteiger partial charge < -0.3 is 10.1 Å². The molecule has 1 aromatic heterocycles. The minimum absolute atomic E-state index is 0.0334. The summed E-state index contributed by atoms with van der Waals surface area (Å²) in [6, 6.07) is 8.16. The van der Waals surface area contributed by atoms with Crippen LogP contribution in [0, 0.1) is 11.6 Å². The molecule has 3 aromatic rings. The molecule has 2 aromatic carbocycles. The first kappa shape index (κ1) is 22.4. The Morgan fingerprint density at radius 2 is 1.84 bits per heavy atom. The van der Waals surface area contributed by atoms with Crippen molar-refractivity contribution < 1.29 is 18.3 Å². The second kappa shape index (κ2) is 8.83. The van der Waals surface area contributed by atoms with Crippen LogP contribution >= 0.6 is 0 Å². The van der Waals surface area contributed by atoms with Gasteiger partial charge in [0.15, 0.2) is 0 Å². The van der Waals surface area contributed by atoms with E-state index in [1.165, 1.54) is 4.57 Å². The number of alkyl carbamates (subject to hydrolysis) is 1. The number of aromatic nitrogens is 2. The van der Waals surface area contributed by atoms with Crippen LogP contribution in [0.2, 0.25) is 0 Å². The molecule has 164 valence electrons. The van der Waals surface area contributed by atoms with Crippen LogP contribution in [-0.4, -0.2) is 27.8 Å². The summed E-state index contributed by atoms with van der Waals surface area (Å²) in [7, 11) is 0. The Morgan fingerprint density at radius 3 is 2.45 bits per heavy atom. The Kier molecular flexibility index (Phi) is 6.38. The van der Waals surface area contributed by atoms with E-state index in [0.29, 0.717) is 17.3 Å². The van der Waals surface area contributed by atoms with E-state index >= 15 is 0 Å². The molecule has 0 atom stereocenters. The number of fused-ring (bicyclic) bond motifs is 1. The molecule has 0 saturated heterocycles. The predicted molar refractivity (Wildman–Crippen MR) is 115 cm³/mol. The second-order valence-corrected chi connectivity index (χ2v) is 8.14. The van der Waals surface area contributed by atoms with Crippen molar-refractivity contribution in [3.8, 4) is 5.69 Å². The van der Waals surface area contributed by atoms with E-state index in [1.807, 2.05) is 13.0 Å². The van der Waals surface area contributed by atoms with Crippen LogP contribution in [0.15, 0.2) is 41.2 Å². The number of halogens is 2.